The molecule has 0 atom stereocenters. The molecule has 0 unspecified atom stereocenters. The number of imidazole rings is 1. The van der Waals surface area contributed by atoms with Crippen LogP contribution >= 0.6 is 0 Å². The van der Waals surface area contributed by atoms with Crippen molar-refractivity contribution in [2.45, 2.75) is 83.7 Å². The van der Waals surface area contributed by atoms with Gasteiger partial charge in [-0.25, -0.2) is 9.97 Å². The molecule has 1 fully saturated rings. The van der Waals surface area contributed by atoms with Gasteiger partial charge in [-0.05, 0) is 19.3 Å². The first-order valence-electron chi connectivity index (χ1n) is 10.6. The standard InChI is InChI=1S/C21H31N5O/c1-2-3-9-19-22-12-16(23-19)13-26-11-10-18-17(14-26)21(27)25-20(24-18)15-7-5-4-6-8-15/h12,15H,2-11,13-14H2,1H3,(H,22,23)(H,24,25,27). The number of fused-ring (bicyclic) bond motifs is 1. The highest BCUT2D eigenvalue weighted by atomic mass is 16.1. The minimum Gasteiger partial charge on any atom is -0.345 e. The number of aromatic nitrogens is 4. The smallest absolute Gasteiger partial charge is 0.255 e. The summed E-state index contributed by atoms with van der Waals surface area (Å²) in [5.74, 6) is 2.45. The normalized spacial score (nSPS) is 18.6. The fourth-order valence-corrected chi connectivity index (χ4v) is 4.40. The number of rotatable bonds is 6. The molecule has 6 heteroatoms. The SMILES string of the molecule is CCCCc1ncc(CN2CCc3nc(C4CCCCC4)[nH]c(=O)c3C2)[nH]1. The van der Waals surface area contributed by atoms with E-state index in [1.807, 2.05) is 6.20 Å². The van der Waals surface area contributed by atoms with E-state index in [1.54, 1.807) is 0 Å². The third-order valence-corrected chi connectivity index (χ3v) is 6.00. The number of nitrogens with zero attached hydrogens (tertiary/aromatic N) is 3. The fraction of sp³-hybridized carbons (Fsp3) is 0.667. The molecule has 146 valence electrons. The average molecular weight is 370 g/mol. The number of unbranched alkanes of at least 4 members (excludes halogenated alkanes) is 1. The minimum atomic E-state index is 0.0681. The molecule has 0 radical (unpaired) electrons. The zero-order chi connectivity index (χ0) is 18.6. The van der Waals surface area contributed by atoms with Gasteiger partial charge < -0.3 is 9.97 Å². The molecule has 0 aromatic carbocycles. The quantitative estimate of drug-likeness (QED) is 0.818. The Morgan fingerprint density at radius 2 is 2.07 bits per heavy atom. The van der Waals surface area contributed by atoms with Crippen LogP contribution in [-0.4, -0.2) is 31.4 Å². The molecule has 1 saturated carbocycles. The van der Waals surface area contributed by atoms with E-state index in [0.717, 1.165) is 73.8 Å². The second-order valence-electron chi connectivity index (χ2n) is 8.13. The van der Waals surface area contributed by atoms with Crippen molar-refractivity contribution in [3.8, 4) is 0 Å². The van der Waals surface area contributed by atoms with E-state index in [0.29, 0.717) is 12.5 Å². The van der Waals surface area contributed by atoms with Crippen molar-refractivity contribution in [2.75, 3.05) is 6.54 Å². The van der Waals surface area contributed by atoms with E-state index in [1.165, 1.54) is 25.7 Å². The molecule has 1 aliphatic carbocycles. The van der Waals surface area contributed by atoms with E-state index in [-0.39, 0.29) is 5.56 Å². The number of aromatic amines is 2. The monoisotopic (exact) mass is 369 g/mol. The minimum absolute atomic E-state index is 0.0681. The lowest BCUT2D eigenvalue weighted by Gasteiger charge is -2.28. The Balaban J connectivity index is 1.43. The number of aryl methyl sites for hydroxylation is 1. The Hall–Kier alpha value is -1.95. The summed E-state index contributed by atoms with van der Waals surface area (Å²) in [5.41, 5.74) is 3.07. The van der Waals surface area contributed by atoms with Gasteiger partial charge in [0.15, 0.2) is 0 Å². The summed E-state index contributed by atoms with van der Waals surface area (Å²) in [6.45, 7) is 4.62. The maximum Gasteiger partial charge on any atom is 0.255 e. The Morgan fingerprint density at radius 3 is 2.89 bits per heavy atom. The summed E-state index contributed by atoms with van der Waals surface area (Å²) < 4.78 is 0. The Kier molecular flexibility index (Phi) is 5.72. The molecule has 2 N–H and O–H groups in total. The first-order chi connectivity index (χ1) is 13.2. The molecule has 3 heterocycles. The van der Waals surface area contributed by atoms with Crippen molar-refractivity contribution in [3.63, 3.8) is 0 Å². The third-order valence-electron chi connectivity index (χ3n) is 6.00. The first kappa shape index (κ1) is 18.4. The van der Waals surface area contributed by atoms with E-state index in [2.05, 4.69) is 26.8 Å². The molecule has 6 nitrogen and oxygen atoms in total. The maximum absolute atomic E-state index is 12.7. The molecule has 27 heavy (non-hydrogen) atoms. The van der Waals surface area contributed by atoms with E-state index >= 15 is 0 Å². The van der Waals surface area contributed by atoms with Crippen LogP contribution in [0.2, 0.25) is 0 Å². The number of nitrogens with one attached hydrogen (secondary N) is 2. The van der Waals surface area contributed by atoms with Gasteiger partial charge in [0.05, 0.1) is 11.3 Å². The average Bonchev–Trinajstić information content (AvgIpc) is 3.14. The van der Waals surface area contributed by atoms with Crippen LogP contribution in [0.3, 0.4) is 0 Å². The van der Waals surface area contributed by atoms with Crippen molar-refractivity contribution in [1.82, 2.24) is 24.8 Å². The summed E-state index contributed by atoms with van der Waals surface area (Å²) in [5, 5.41) is 0. The lowest BCUT2D eigenvalue weighted by molar-refractivity contribution is 0.238. The number of hydrogen-bond acceptors (Lipinski definition) is 4. The second kappa shape index (κ2) is 8.38. The molecule has 4 rings (SSSR count). The number of hydrogen-bond donors (Lipinski definition) is 2. The van der Waals surface area contributed by atoms with Gasteiger partial charge in [-0.3, -0.25) is 9.69 Å². The molecule has 1 aliphatic heterocycles. The highest BCUT2D eigenvalue weighted by Gasteiger charge is 2.24. The summed E-state index contributed by atoms with van der Waals surface area (Å²) in [6.07, 6.45) is 12.3. The summed E-state index contributed by atoms with van der Waals surface area (Å²) >= 11 is 0. The number of H-pyrrole nitrogens is 2. The van der Waals surface area contributed by atoms with Gasteiger partial charge in [-0.2, -0.15) is 0 Å². The molecule has 0 spiro atoms. The van der Waals surface area contributed by atoms with E-state index < -0.39 is 0 Å². The van der Waals surface area contributed by atoms with Crippen LogP contribution in [-0.2, 0) is 25.9 Å². The lowest BCUT2D eigenvalue weighted by atomic mass is 9.88. The Morgan fingerprint density at radius 1 is 1.22 bits per heavy atom. The van der Waals surface area contributed by atoms with Crippen molar-refractivity contribution < 1.29 is 0 Å². The zero-order valence-corrected chi connectivity index (χ0v) is 16.4. The predicted octanol–water partition coefficient (Wildman–Crippen LogP) is 3.44. The van der Waals surface area contributed by atoms with E-state index in [9.17, 15) is 4.79 Å². The van der Waals surface area contributed by atoms with Crippen molar-refractivity contribution >= 4 is 0 Å². The lowest BCUT2D eigenvalue weighted by Crippen LogP contribution is -2.36. The van der Waals surface area contributed by atoms with Crippen LogP contribution in [0.1, 0.15) is 86.4 Å². The molecule has 2 aromatic rings. The second-order valence-corrected chi connectivity index (χ2v) is 8.13. The van der Waals surface area contributed by atoms with Crippen LogP contribution in [0, 0.1) is 0 Å². The van der Waals surface area contributed by atoms with Gasteiger partial charge >= 0.3 is 0 Å². The van der Waals surface area contributed by atoms with Crippen LogP contribution in [0.25, 0.3) is 0 Å². The molecular weight excluding hydrogens is 338 g/mol. The van der Waals surface area contributed by atoms with Crippen LogP contribution in [0.5, 0.6) is 0 Å². The zero-order valence-electron chi connectivity index (χ0n) is 16.4. The van der Waals surface area contributed by atoms with E-state index in [4.69, 9.17) is 4.98 Å². The van der Waals surface area contributed by atoms with Gasteiger partial charge in [-0.15, -0.1) is 0 Å². The van der Waals surface area contributed by atoms with Crippen LogP contribution in [0.4, 0.5) is 0 Å². The largest absolute Gasteiger partial charge is 0.345 e. The van der Waals surface area contributed by atoms with Crippen LogP contribution in [0.15, 0.2) is 11.0 Å². The summed E-state index contributed by atoms with van der Waals surface area (Å²) in [4.78, 5) is 30.9. The van der Waals surface area contributed by atoms with Gasteiger partial charge in [0, 0.05) is 50.3 Å². The summed E-state index contributed by atoms with van der Waals surface area (Å²) in [7, 11) is 0. The van der Waals surface area contributed by atoms with Gasteiger partial charge in [0.1, 0.15) is 11.6 Å². The third kappa shape index (κ3) is 4.32. The van der Waals surface area contributed by atoms with Crippen molar-refractivity contribution in [3.05, 3.63) is 45.2 Å². The highest BCUT2D eigenvalue weighted by Crippen LogP contribution is 2.30. The van der Waals surface area contributed by atoms with Crippen molar-refractivity contribution in [1.29, 1.82) is 0 Å². The van der Waals surface area contributed by atoms with Crippen molar-refractivity contribution in [2.24, 2.45) is 0 Å². The molecule has 2 aliphatic rings. The topological polar surface area (TPSA) is 77.7 Å². The Labute approximate surface area is 160 Å². The fourth-order valence-electron chi connectivity index (χ4n) is 4.40. The maximum atomic E-state index is 12.7. The Bertz CT molecular complexity index is 818. The molecule has 0 bridgehead atoms. The summed E-state index contributed by atoms with van der Waals surface area (Å²) in [6, 6.07) is 0. The van der Waals surface area contributed by atoms with Gasteiger partial charge in [0.25, 0.3) is 5.56 Å². The first-order valence-corrected chi connectivity index (χ1v) is 10.6. The predicted molar refractivity (Wildman–Crippen MR) is 106 cm³/mol. The molecular formula is C21H31N5O. The molecule has 0 saturated heterocycles. The highest BCUT2D eigenvalue weighted by molar-refractivity contribution is 5.22. The van der Waals surface area contributed by atoms with Gasteiger partial charge in [-0.1, -0.05) is 32.6 Å². The molecule has 0 amide bonds. The van der Waals surface area contributed by atoms with Crippen LogP contribution < -0.4 is 5.56 Å². The molecule has 2 aromatic heterocycles. The van der Waals surface area contributed by atoms with Gasteiger partial charge in [0.2, 0.25) is 0 Å².